The molecule has 0 spiro atoms. The second-order valence-corrected chi connectivity index (χ2v) is 5.39. The first-order valence-corrected chi connectivity index (χ1v) is 7.51. The van der Waals surface area contributed by atoms with Crippen LogP contribution in [-0.2, 0) is 6.54 Å². The van der Waals surface area contributed by atoms with Crippen molar-refractivity contribution >= 4 is 22.6 Å². The van der Waals surface area contributed by atoms with Crippen LogP contribution in [0.2, 0.25) is 0 Å². The van der Waals surface area contributed by atoms with E-state index in [0.717, 1.165) is 28.2 Å². The molecule has 0 N–H and O–H groups in total. The number of fused-ring (bicyclic) bond motifs is 1. The van der Waals surface area contributed by atoms with Gasteiger partial charge in [0.15, 0.2) is 5.58 Å². The second-order valence-electron chi connectivity index (χ2n) is 4.73. The molecule has 0 saturated heterocycles. The topological polar surface area (TPSA) is 66.0 Å². The number of hydrogen-bond donors (Lipinski definition) is 0. The minimum absolute atomic E-state index is 0.516. The van der Waals surface area contributed by atoms with Crippen LogP contribution in [0.15, 0.2) is 46.6 Å². The Kier molecular flexibility index (Phi) is 3.12. The number of aromatic nitrogens is 4. The van der Waals surface area contributed by atoms with Gasteiger partial charge in [0, 0.05) is 29.4 Å². The molecule has 0 aliphatic rings. The van der Waals surface area contributed by atoms with Crippen molar-refractivity contribution in [3.63, 3.8) is 0 Å². The van der Waals surface area contributed by atoms with Gasteiger partial charge in [-0.3, -0.25) is 0 Å². The van der Waals surface area contributed by atoms with Crippen molar-refractivity contribution in [2.45, 2.75) is 6.54 Å². The van der Waals surface area contributed by atoms with Crippen LogP contribution in [0.1, 0.15) is 5.89 Å². The summed E-state index contributed by atoms with van der Waals surface area (Å²) in [6.07, 6.45) is 5.47. The third-order valence-corrected chi connectivity index (χ3v) is 3.94. The highest BCUT2D eigenvalue weighted by Crippen LogP contribution is 2.23. The van der Waals surface area contributed by atoms with Crippen LogP contribution in [0, 0.1) is 0 Å². The molecule has 0 saturated carbocycles. The summed E-state index contributed by atoms with van der Waals surface area (Å²) in [6, 6.07) is 5.58. The van der Waals surface area contributed by atoms with E-state index >= 15 is 0 Å². The summed E-state index contributed by atoms with van der Waals surface area (Å²) < 4.78 is 17.1. The smallest absolute Gasteiger partial charge is 0.215 e. The molecule has 4 aromatic rings. The van der Waals surface area contributed by atoms with Gasteiger partial charge in [0.25, 0.3) is 0 Å². The maximum Gasteiger partial charge on any atom is 0.215 e. The Morgan fingerprint density at radius 2 is 2.32 bits per heavy atom. The Morgan fingerprint density at radius 1 is 1.36 bits per heavy atom. The third kappa shape index (κ3) is 2.25. The van der Waals surface area contributed by atoms with E-state index in [4.69, 9.17) is 9.15 Å². The van der Waals surface area contributed by atoms with Gasteiger partial charge < -0.3 is 13.7 Å². The van der Waals surface area contributed by atoms with Gasteiger partial charge in [0.2, 0.25) is 5.89 Å². The summed E-state index contributed by atoms with van der Waals surface area (Å²) in [7, 11) is 1.63. The standard InChI is InChI=1S/C15H12N4O2S/c1-20-11-2-3-13-12(6-11)18-14(21-13)8-19-5-4-16-15(19)10-7-17-22-9-10/h2-7,9H,8H2,1H3. The lowest BCUT2D eigenvalue weighted by atomic mass is 10.3. The lowest BCUT2D eigenvalue weighted by Crippen LogP contribution is -2.00. The van der Waals surface area contributed by atoms with Gasteiger partial charge in [0.05, 0.1) is 13.3 Å². The molecule has 22 heavy (non-hydrogen) atoms. The summed E-state index contributed by atoms with van der Waals surface area (Å²) in [4.78, 5) is 8.89. The molecule has 0 amide bonds. The maximum absolute atomic E-state index is 5.78. The number of nitrogens with zero attached hydrogens (tertiary/aromatic N) is 4. The first-order chi connectivity index (χ1) is 10.8. The van der Waals surface area contributed by atoms with Crippen molar-refractivity contribution in [1.29, 1.82) is 0 Å². The van der Waals surface area contributed by atoms with E-state index in [1.54, 1.807) is 19.5 Å². The zero-order valence-corrected chi connectivity index (χ0v) is 12.6. The number of rotatable bonds is 4. The lowest BCUT2D eigenvalue weighted by Gasteiger charge is -2.02. The zero-order chi connectivity index (χ0) is 14.9. The predicted octanol–water partition coefficient (Wildman–Crippen LogP) is 3.20. The van der Waals surface area contributed by atoms with Gasteiger partial charge in [-0.1, -0.05) is 0 Å². The number of ether oxygens (including phenoxy) is 1. The molecule has 0 atom stereocenters. The Morgan fingerprint density at radius 3 is 3.14 bits per heavy atom. The van der Waals surface area contributed by atoms with Gasteiger partial charge in [-0.15, -0.1) is 0 Å². The van der Waals surface area contributed by atoms with E-state index in [9.17, 15) is 0 Å². The van der Waals surface area contributed by atoms with Crippen LogP contribution in [-0.4, -0.2) is 26.0 Å². The molecule has 0 bridgehead atoms. The fourth-order valence-corrected chi connectivity index (χ4v) is 2.82. The Hall–Kier alpha value is -2.67. The van der Waals surface area contributed by atoms with Crippen LogP contribution in [0.4, 0.5) is 0 Å². The van der Waals surface area contributed by atoms with E-state index in [1.807, 2.05) is 34.3 Å². The first-order valence-electron chi connectivity index (χ1n) is 6.68. The van der Waals surface area contributed by atoms with Crippen molar-refractivity contribution in [3.05, 3.63) is 48.1 Å². The van der Waals surface area contributed by atoms with E-state index in [1.165, 1.54) is 11.5 Å². The van der Waals surface area contributed by atoms with Crippen molar-refractivity contribution in [2.75, 3.05) is 7.11 Å². The number of methoxy groups -OCH3 is 1. The summed E-state index contributed by atoms with van der Waals surface area (Å²) in [6.45, 7) is 0.516. The molecule has 6 nitrogen and oxygen atoms in total. The lowest BCUT2D eigenvalue weighted by molar-refractivity contribution is 0.415. The van der Waals surface area contributed by atoms with Crippen molar-refractivity contribution in [3.8, 4) is 17.1 Å². The molecule has 110 valence electrons. The maximum atomic E-state index is 5.78. The summed E-state index contributed by atoms with van der Waals surface area (Å²) in [5.74, 6) is 2.25. The zero-order valence-electron chi connectivity index (χ0n) is 11.8. The van der Waals surface area contributed by atoms with E-state index in [-0.39, 0.29) is 0 Å². The molecule has 3 aromatic heterocycles. The highest BCUT2D eigenvalue weighted by atomic mass is 32.1. The van der Waals surface area contributed by atoms with E-state index in [2.05, 4.69) is 14.3 Å². The molecule has 0 unspecified atom stereocenters. The monoisotopic (exact) mass is 312 g/mol. The largest absolute Gasteiger partial charge is 0.497 e. The fraction of sp³-hybridized carbons (Fsp3) is 0.133. The third-order valence-electron chi connectivity index (χ3n) is 3.35. The number of imidazole rings is 1. The van der Waals surface area contributed by atoms with Crippen LogP contribution >= 0.6 is 11.5 Å². The molecule has 7 heteroatoms. The van der Waals surface area contributed by atoms with Crippen LogP contribution < -0.4 is 4.74 Å². The van der Waals surface area contributed by atoms with E-state index < -0.39 is 0 Å². The highest BCUT2D eigenvalue weighted by Gasteiger charge is 2.11. The summed E-state index contributed by atoms with van der Waals surface area (Å²) in [5, 5.41) is 1.97. The van der Waals surface area contributed by atoms with Gasteiger partial charge in [-0.2, -0.15) is 0 Å². The van der Waals surface area contributed by atoms with Crippen LogP contribution in [0.3, 0.4) is 0 Å². The first kappa shape index (κ1) is 13.0. The SMILES string of the molecule is COc1ccc2oc(Cn3ccnc3-c3cnsc3)nc2c1. The van der Waals surface area contributed by atoms with Crippen molar-refractivity contribution in [1.82, 2.24) is 18.9 Å². The Balaban J connectivity index is 1.68. The van der Waals surface area contributed by atoms with Crippen molar-refractivity contribution < 1.29 is 9.15 Å². The van der Waals surface area contributed by atoms with E-state index in [0.29, 0.717) is 12.4 Å². The second kappa shape index (κ2) is 5.27. The van der Waals surface area contributed by atoms with Crippen molar-refractivity contribution in [2.24, 2.45) is 0 Å². The molecule has 0 aliphatic carbocycles. The predicted molar refractivity (Wildman–Crippen MR) is 83.0 cm³/mol. The molecule has 0 fully saturated rings. The summed E-state index contributed by atoms with van der Waals surface area (Å²) >= 11 is 1.40. The Bertz CT molecular complexity index is 911. The Labute approximate surface area is 130 Å². The molecule has 3 heterocycles. The average molecular weight is 312 g/mol. The number of benzene rings is 1. The molecule has 1 aromatic carbocycles. The molecule has 4 rings (SSSR count). The van der Waals surface area contributed by atoms with Gasteiger partial charge in [-0.05, 0) is 23.7 Å². The van der Waals surface area contributed by atoms with Crippen LogP contribution in [0.5, 0.6) is 5.75 Å². The highest BCUT2D eigenvalue weighted by molar-refractivity contribution is 7.03. The molecule has 0 aliphatic heterocycles. The quantitative estimate of drug-likeness (QED) is 0.579. The normalized spacial score (nSPS) is 11.1. The summed E-state index contributed by atoms with van der Waals surface area (Å²) in [5.41, 5.74) is 2.52. The molecular formula is C15H12N4O2S. The van der Waals surface area contributed by atoms with Gasteiger partial charge in [0.1, 0.15) is 23.6 Å². The number of oxazole rings is 1. The average Bonchev–Trinajstić information content (AvgIpc) is 3.26. The fourth-order valence-electron chi connectivity index (χ4n) is 2.31. The minimum Gasteiger partial charge on any atom is -0.497 e. The number of hydrogen-bond acceptors (Lipinski definition) is 6. The van der Waals surface area contributed by atoms with Gasteiger partial charge in [-0.25, -0.2) is 14.3 Å². The molecular weight excluding hydrogens is 300 g/mol. The minimum atomic E-state index is 0.516. The van der Waals surface area contributed by atoms with Crippen LogP contribution in [0.25, 0.3) is 22.5 Å². The molecule has 0 radical (unpaired) electrons. The van der Waals surface area contributed by atoms with Gasteiger partial charge >= 0.3 is 0 Å².